The highest BCUT2D eigenvalue weighted by molar-refractivity contribution is 5.89. The lowest BCUT2D eigenvalue weighted by Gasteiger charge is -2.07. The predicted molar refractivity (Wildman–Crippen MR) is 67.4 cm³/mol. The summed E-state index contributed by atoms with van der Waals surface area (Å²) in [6.07, 6.45) is 3.39. The summed E-state index contributed by atoms with van der Waals surface area (Å²) in [6.45, 7) is 0.429. The molecule has 1 heterocycles. The molecular weight excluding hydrogens is 232 g/mol. The van der Waals surface area contributed by atoms with E-state index in [1.54, 1.807) is 43.8 Å². The number of benzene rings is 1. The first-order chi connectivity index (χ1) is 8.78. The SMILES string of the molecule is COc1ccc(NC(=O)NCc2cn[nH]c2)cc1. The average Bonchev–Trinajstić information content (AvgIpc) is 2.90. The number of hydrogen-bond acceptors (Lipinski definition) is 3. The molecular formula is C12H14N4O2. The molecule has 0 fully saturated rings. The lowest BCUT2D eigenvalue weighted by atomic mass is 10.3. The molecule has 0 aliphatic carbocycles. The minimum atomic E-state index is -0.263. The maximum absolute atomic E-state index is 11.6. The van der Waals surface area contributed by atoms with Gasteiger partial charge in [0.1, 0.15) is 5.75 Å². The third-order valence-electron chi connectivity index (χ3n) is 2.36. The van der Waals surface area contributed by atoms with Crippen LogP contribution in [0.2, 0.25) is 0 Å². The topological polar surface area (TPSA) is 79.0 Å². The van der Waals surface area contributed by atoms with Crippen molar-refractivity contribution in [1.29, 1.82) is 0 Å². The second kappa shape index (κ2) is 5.72. The molecule has 0 unspecified atom stereocenters. The fourth-order valence-corrected chi connectivity index (χ4v) is 1.41. The lowest BCUT2D eigenvalue weighted by molar-refractivity contribution is 0.251. The summed E-state index contributed by atoms with van der Waals surface area (Å²) in [6, 6.07) is 6.85. The van der Waals surface area contributed by atoms with Crippen molar-refractivity contribution in [3.05, 3.63) is 42.2 Å². The Morgan fingerprint density at radius 1 is 1.39 bits per heavy atom. The number of H-pyrrole nitrogens is 1. The first kappa shape index (κ1) is 12.0. The van der Waals surface area contributed by atoms with Gasteiger partial charge >= 0.3 is 6.03 Å². The number of hydrogen-bond donors (Lipinski definition) is 3. The average molecular weight is 246 g/mol. The molecule has 0 spiro atoms. The largest absolute Gasteiger partial charge is 0.497 e. The number of aromatic amines is 1. The third-order valence-corrected chi connectivity index (χ3v) is 2.36. The predicted octanol–water partition coefficient (Wildman–Crippen LogP) is 1.74. The minimum Gasteiger partial charge on any atom is -0.497 e. The van der Waals surface area contributed by atoms with Gasteiger partial charge in [0.2, 0.25) is 0 Å². The Balaban J connectivity index is 1.83. The van der Waals surface area contributed by atoms with Crippen LogP contribution in [-0.4, -0.2) is 23.3 Å². The molecule has 94 valence electrons. The summed E-state index contributed by atoms with van der Waals surface area (Å²) >= 11 is 0. The number of rotatable bonds is 4. The van der Waals surface area contributed by atoms with Crippen LogP contribution in [-0.2, 0) is 6.54 Å². The van der Waals surface area contributed by atoms with Crippen molar-refractivity contribution in [2.75, 3.05) is 12.4 Å². The number of carbonyl (C=O) groups excluding carboxylic acids is 1. The van der Waals surface area contributed by atoms with Crippen molar-refractivity contribution in [3.8, 4) is 5.75 Å². The van der Waals surface area contributed by atoms with E-state index in [4.69, 9.17) is 4.74 Å². The molecule has 0 saturated heterocycles. The van der Waals surface area contributed by atoms with Gasteiger partial charge in [-0.1, -0.05) is 0 Å². The summed E-state index contributed by atoms with van der Waals surface area (Å²) < 4.78 is 5.03. The van der Waals surface area contributed by atoms with E-state index < -0.39 is 0 Å². The Hall–Kier alpha value is -2.50. The van der Waals surface area contributed by atoms with Gasteiger partial charge in [-0.15, -0.1) is 0 Å². The van der Waals surface area contributed by atoms with Crippen molar-refractivity contribution >= 4 is 11.7 Å². The number of aromatic nitrogens is 2. The Morgan fingerprint density at radius 2 is 2.17 bits per heavy atom. The first-order valence-electron chi connectivity index (χ1n) is 5.44. The molecule has 2 aromatic rings. The van der Waals surface area contributed by atoms with E-state index in [1.165, 1.54) is 0 Å². The molecule has 1 aromatic heterocycles. The Labute approximate surface area is 104 Å². The third kappa shape index (κ3) is 3.24. The number of amides is 2. The number of urea groups is 1. The van der Waals surface area contributed by atoms with Gasteiger partial charge in [-0.05, 0) is 24.3 Å². The summed E-state index contributed by atoms with van der Waals surface area (Å²) in [7, 11) is 1.60. The normalized spacial score (nSPS) is 9.83. The maximum atomic E-state index is 11.6. The van der Waals surface area contributed by atoms with Gasteiger partial charge in [0, 0.05) is 24.0 Å². The number of ether oxygens (including phenoxy) is 1. The fourth-order valence-electron chi connectivity index (χ4n) is 1.41. The van der Waals surface area contributed by atoms with Gasteiger partial charge in [0.05, 0.1) is 13.3 Å². The zero-order valence-electron chi connectivity index (χ0n) is 9.93. The van der Waals surface area contributed by atoms with Crippen molar-refractivity contribution in [1.82, 2.24) is 15.5 Å². The Morgan fingerprint density at radius 3 is 2.78 bits per heavy atom. The molecule has 0 bridgehead atoms. The molecule has 6 heteroatoms. The zero-order chi connectivity index (χ0) is 12.8. The van der Waals surface area contributed by atoms with E-state index in [1.807, 2.05) is 0 Å². The molecule has 6 nitrogen and oxygen atoms in total. The molecule has 0 atom stereocenters. The van der Waals surface area contributed by atoms with E-state index in [0.29, 0.717) is 12.2 Å². The first-order valence-corrected chi connectivity index (χ1v) is 5.44. The highest BCUT2D eigenvalue weighted by Crippen LogP contribution is 2.14. The Bertz CT molecular complexity index is 493. The monoisotopic (exact) mass is 246 g/mol. The highest BCUT2D eigenvalue weighted by Gasteiger charge is 2.02. The summed E-state index contributed by atoms with van der Waals surface area (Å²) in [5.41, 5.74) is 1.63. The summed E-state index contributed by atoms with van der Waals surface area (Å²) in [5.74, 6) is 0.749. The number of carbonyl (C=O) groups is 1. The van der Waals surface area contributed by atoms with Crippen LogP contribution >= 0.6 is 0 Å². The lowest BCUT2D eigenvalue weighted by Crippen LogP contribution is -2.27. The van der Waals surface area contributed by atoms with Crippen LogP contribution < -0.4 is 15.4 Å². The second-order valence-corrected chi connectivity index (χ2v) is 3.64. The van der Waals surface area contributed by atoms with Crippen molar-refractivity contribution in [2.24, 2.45) is 0 Å². The molecule has 0 aliphatic heterocycles. The standard InChI is InChI=1S/C12H14N4O2/c1-18-11-4-2-10(3-5-11)16-12(17)13-6-9-7-14-15-8-9/h2-5,7-8H,6H2,1H3,(H,14,15)(H2,13,16,17). The van der Waals surface area contributed by atoms with E-state index >= 15 is 0 Å². The van der Waals surface area contributed by atoms with E-state index in [0.717, 1.165) is 11.3 Å². The quantitative estimate of drug-likeness (QED) is 0.768. The van der Waals surface area contributed by atoms with Crippen molar-refractivity contribution < 1.29 is 9.53 Å². The minimum absolute atomic E-state index is 0.263. The second-order valence-electron chi connectivity index (χ2n) is 3.64. The molecule has 0 saturated carbocycles. The summed E-state index contributed by atoms with van der Waals surface area (Å²) in [5, 5.41) is 11.9. The van der Waals surface area contributed by atoms with Crippen LogP contribution in [0.5, 0.6) is 5.75 Å². The van der Waals surface area contributed by atoms with Crippen LogP contribution in [0.25, 0.3) is 0 Å². The van der Waals surface area contributed by atoms with Crippen LogP contribution in [0, 0.1) is 0 Å². The number of methoxy groups -OCH3 is 1. The Kier molecular flexibility index (Phi) is 3.80. The van der Waals surface area contributed by atoms with Gasteiger partial charge in [-0.3, -0.25) is 5.10 Å². The van der Waals surface area contributed by atoms with Gasteiger partial charge in [0.15, 0.2) is 0 Å². The number of nitrogens with zero attached hydrogens (tertiary/aromatic N) is 1. The molecule has 2 amide bonds. The number of nitrogens with one attached hydrogen (secondary N) is 3. The zero-order valence-corrected chi connectivity index (χ0v) is 9.93. The van der Waals surface area contributed by atoms with Crippen molar-refractivity contribution in [2.45, 2.75) is 6.54 Å². The fraction of sp³-hybridized carbons (Fsp3) is 0.167. The smallest absolute Gasteiger partial charge is 0.319 e. The van der Waals surface area contributed by atoms with Gasteiger partial charge < -0.3 is 15.4 Å². The van der Waals surface area contributed by atoms with Crippen LogP contribution in [0.4, 0.5) is 10.5 Å². The van der Waals surface area contributed by atoms with Gasteiger partial charge in [-0.2, -0.15) is 5.10 Å². The van der Waals surface area contributed by atoms with Crippen LogP contribution in [0.3, 0.4) is 0 Å². The molecule has 0 radical (unpaired) electrons. The summed E-state index contributed by atoms with van der Waals surface area (Å²) in [4.78, 5) is 11.6. The van der Waals surface area contributed by atoms with E-state index in [2.05, 4.69) is 20.8 Å². The van der Waals surface area contributed by atoms with Crippen LogP contribution in [0.1, 0.15) is 5.56 Å². The van der Waals surface area contributed by atoms with Crippen LogP contribution in [0.15, 0.2) is 36.7 Å². The highest BCUT2D eigenvalue weighted by atomic mass is 16.5. The van der Waals surface area contributed by atoms with E-state index in [9.17, 15) is 4.79 Å². The molecule has 3 N–H and O–H groups in total. The number of anilines is 1. The molecule has 2 rings (SSSR count). The van der Waals surface area contributed by atoms with Gasteiger partial charge in [0.25, 0.3) is 0 Å². The molecule has 0 aliphatic rings. The van der Waals surface area contributed by atoms with Crippen molar-refractivity contribution in [3.63, 3.8) is 0 Å². The molecule has 1 aromatic carbocycles. The molecule has 18 heavy (non-hydrogen) atoms. The maximum Gasteiger partial charge on any atom is 0.319 e. The van der Waals surface area contributed by atoms with E-state index in [-0.39, 0.29) is 6.03 Å². The van der Waals surface area contributed by atoms with Gasteiger partial charge in [-0.25, -0.2) is 4.79 Å².